The third-order valence-corrected chi connectivity index (χ3v) is 8.20. The predicted molar refractivity (Wildman–Crippen MR) is 136 cm³/mol. The lowest BCUT2D eigenvalue weighted by molar-refractivity contribution is 0.170. The fourth-order valence-corrected chi connectivity index (χ4v) is 5.38. The van der Waals surface area contributed by atoms with Gasteiger partial charge in [-0.05, 0) is 51.7 Å². The van der Waals surface area contributed by atoms with Gasteiger partial charge in [0.2, 0.25) is 0 Å². The van der Waals surface area contributed by atoms with Crippen LogP contribution in [0.25, 0.3) is 0 Å². The van der Waals surface area contributed by atoms with Crippen LogP contribution in [0.3, 0.4) is 0 Å². The summed E-state index contributed by atoms with van der Waals surface area (Å²) < 4.78 is 5.60. The minimum Gasteiger partial charge on any atom is -0.367 e. The zero-order valence-electron chi connectivity index (χ0n) is 20.5. The van der Waals surface area contributed by atoms with Crippen LogP contribution in [0, 0.1) is 0 Å². The molecule has 34 heavy (non-hydrogen) atoms. The van der Waals surface area contributed by atoms with Crippen LogP contribution in [0.2, 0.25) is 5.02 Å². The predicted octanol–water partition coefficient (Wildman–Crippen LogP) is 5.32. The largest absolute Gasteiger partial charge is 0.367 e. The van der Waals surface area contributed by atoms with Gasteiger partial charge < -0.3 is 19.6 Å². The van der Waals surface area contributed by atoms with E-state index in [1.807, 2.05) is 17.0 Å². The van der Waals surface area contributed by atoms with E-state index in [1.165, 1.54) is 12.8 Å². The Morgan fingerprint density at radius 3 is 2.50 bits per heavy atom. The number of likely N-dealkylation sites (tertiary alicyclic amines) is 1. The molecule has 2 amide bonds. The Kier molecular flexibility index (Phi) is 6.51. The zero-order chi connectivity index (χ0) is 23.9. The van der Waals surface area contributed by atoms with Gasteiger partial charge >= 0.3 is 6.03 Å². The third kappa shape index (κ3) is 4.78. The van der Waals surface area contributed by atoms with Gasteiger partial charge in [-0.1, -0.05) is 29.7 Å². The number of anilines is 2. The first-order valence-electron chi connectivity index (χ1n) is 12.6. The van der Waals surface area contributed by atoms with Crippen LogP contribution in [-0.2, 0) is 5.41 Å². The smallest absolute Gasteiger partial charge is 0.321 e. The van der Waals surface area contributed by atoms with Gasteiger partial charge in [0, 0.05) is 62.7 Å². The van der Waals surface area contributed by atoms with Gasteiger partial charge in [0.05, 0.1) is 22.1 Å². The summed E-state index contributed by atoms with van der Waals surface area (Å²) in [6, 6.07) is 8.46. The molecule has 0 atom stereocenters. The molecule has 1 N–H and O–H groups in total. The molecule has 2 aromatic rings. The summed E-state index contributed by atoms with van der Waals surface area (Å²) in [5, 5.41) is 8.10. The highest BCUT2D eigenvalue weighted by molar-refractivity contribution is 6.34. The van der Waals surface area contributed by atoms with E-state index in [-0.39, 0.29) is 11.4 Å². The Labute approximate surface area is 207 Å². The molecule has 5 rings (SSSR count). The van der Waals surface area contributed by atoms with E-state index in [0.29, 0.717) is 35.8 Å². The van der Waals surface area contributed by atoms with E-state index < -0.39 is 0 Å². The Balaban J connectivity index is 1.23. The molecule has 3 fully saturated rings. The number of urea groups is 1. The van der Waals surface area contributed by atoms with E-state index in [0.717, 1.165) is 56.2 Å². The highest BCUT2D eigenvalue weighted by Crippen LogP contribution is 2.43. The molecule has 0 bridgehead atoms. The monoisotopic (exact) mass is 485 g/mol. The molecule has 2 aliphatic heterocycles. The summed E-state index contributed by atoms with van der Waals surface area (Å²) in [6.45, 7) is 11.9. The number of hydrogen-bond donors (Lipinski definition) is 1. The first-order valence-corrected chi connectivity index (χ1v) is 13.0. The summed E-state index contributed by atoms with van der Waals surface area (Å²) in [5.41, 5.74) is 2.69. The molecule has 1 aromatic carbocycles. The summed E-state index contributed by atoms with van der Waals surface area (Å²) in [6.07, 6.45) is 4.14. The van der Waals surface area contributed by atoms with Crippen molar-refractivity contribution in [1.29, 1.82) is 0 Å². The molecule has 0 radical (unpaired) electrons. The number of rotatable bonds is 5. The van der Waals surface area contributed by atoms with E-state index in [1.54, 1.807) is 0 Å². The van der Waals surface area contributed by atoms with Crippen molar-refractivity contribution in [2.45, 2.75) is 63.8 Å². The van der Waals surface area contributed by atoms with E-state index in [9.17, 15) is 4.79 Å². The molecule has 3 heterocycles. The number of halogens is 1. The molecule has 8 heteroatoms. The van der Waals surface area contributed by atoms with Gasteiger partial charge in [0.1, 0.15) is 5.76 Å². The van der Waals surface area contributed by atoms with Crippen LogP contribution in [0.4, 0.5) is 16.2 Å². The Morgan fingerprint density at radius 2 is 1.85 bits per heavy atom. The highest BCUT2D eigenvalue weighted by Gasteiger charge is 2.38. The third-order valence-electron chi connectivity index (χ3n) is 7.89. The Bertz CT molecular complexity index is 1020. The lowest BCUT2D eigenvalue weighted by Gasteiger charge is -2.40. The van der Waals surface area contributed by atoms with Gasteiger partial charge in [0.15, 0.2) is 0 Å². The summed E-state index contributed by atoms with van der Waals surface area (Å²) >= 11 is 6.58. The fraction of sp³-hybridized carbons (Fsp3) is 0.615. The first kappa shape index (κ1) is 23.5. The number of amides is 2. The van der Waals surface area contributed by atoms with Crippen LogP contribution in [-0.4, -0.2) is 66.3 Å². The molecule has 0 unspecified atom stereocenters. The van der Waals surface area contributed by atoms with Crippen molar-refractivity contribution >= 4 is 29.0 Å². The molecule has 1 aliphatic carbocycles. The van der Waals surface area contributed by atoms with Crippen molar-refractivity contribution in [2.75, 3.05) is 49.5 Å². The second-order valence-corrected chi connectivity index (χ2v) is 11.0. The normalized spacial score (nSPS) is 21.2. The molecule has 1 saturated carbocycles. The molecule has 1 aromatic heterocycles. The van der Waals surface area contributed by atoms with Crippen LogP contribution in [0.1, 0.15) is 63.8 Å². The maximum atomic E-state index is 13.2. The molecule has 2 saturated heterocycles. The number of aromatic nitrogens is 1. The number of benzene rings is 1. The van der Waals surface area contributed by atoms with Crippen molar-refractivity contribution in [3.8, 4) is 0 Å². The number of nitrogens with one attached hydrogen (secondary N) is 1. The summed E-state index contributed by atoms with van der Waals surface area (Å²) in [4.78, 5) is 19.9. The van der Waals surface area contributed by atoms with Crippen molar-refractivity contribution < 1.29 is 9.32 Å². The lowest BCUT2D eigenvalue weighted by atomic mass is 9.77. The second-order valence-electron chi connectivity index (χ2n) is 10.6. The Morgan fingerprint density at radius 1 is 1.15 bits per heavy atom. The van der Waals surface area contributed by atoms with Crippen LogP contribution in [0.5, 0.6) is 0 Å². The topological polar surface area (TPSA) is 64.8 Å². The van der Waals surface area contributed by atoms with Gasteiger partial charge in [-0.2, -0.15) is 0 Å². The minimum absolute atomic E-state index is 0.0565. The van der Waals surface area contributed by atoms with E-state index in [2.05, 4.69) is 53.2 Å². The number of piperidine rings is 1. The van der Waals surface area contributed by atoms with Gasteiger partial charge in [0.25, 0.3) is 0 Å². The Hall–Kier alpha value is -2.25. The zero-order valence-corrected chi connectivity index (χ0v) is 21.3. The molecule has 0 spiro atoms. The van der Waals surface area contributed by atoms with E-state index in [4.69, 9.17) is 16.1 Å². The average molecular weight is 486 g/mol. The molecule has 184 valence electrons. The maximum absolute atomic E-state index is 13.2. The average Bonchev–Trinajstić information content (AvgIpc) is 3.56. The van der Waals surface area contributed by atoms with Crippen molar-refractivity contribution in [3.05, 3.63) is 40.7 Å². The summed E-state index contributed by atoms with van der Waals surface area (Å²) in [5.74, 6) is 1.59. The van der Waals surface area contributed by atoms with Crippen LogP contribution < -0.4 is 10.2 Å². The van der Waals surface area contributed by atoms with Gasteiger partial charge in [-0.15, -0.1) is 0 Å². The number of hydrogen-bond acceptors (Lipinski definition) is 5. The molecule has 7 nitrogen and oxygen atoms in total. The summed E-state index contributed by atoms with van der Waals surface area (Å²) in [7, 11) is 0. The van der Waals surface area contributed by atoms with Crippen molar-refractivity contribution in [3.63, 3.8) is 0 Å². The van der Waals surface area contributed by atoms with Crippen molar-refractivity contribution in [2.24, 2.45) is 0 Å². The van der Waals surface area contributed by atoms with Crippen LogP contribution in [0.15, 0.2) is 28.8 Å². The molecule has 3 aliphatic rings. The van der Waals surface area contributed by atoms with E-state index >= 15 is 0 Å². The quantitative estimate of drug-likeness (QED) is 0.620. The first-order chi connectivity index (χ1) is 16.3. The van der Waals surface area contributed by atoms with Crippen LogP contribution >= 0.6 is 11.6 Å². The maximum Gasteiger partial charge on any atom is 0.321 e. The number of piperazine rings is 1. The van der Waals surface area contributed by atoms with Gasteiger partial charge in [-0.25, -0.2) is 4.79 Å². The molecular formula is C26H36ClN5O2. The molecular weight excluding hydrogens is 450 g/mol. The fourth-order valence-electron chi connectivity index (χ4n) is 5.16. The SMILES string of the molecule is CC(C)N1CCN(c2cccc(Cl)c2NC(=O)N2CCC(C)(c3cc(C4CC4)on3)CC2)CC1. The standard InChI is InChI=1S/C26H36ClN5O2/c1-18(2)30-13-15-31(16-14-30)21-6-4-5-20(27)24(21)28-25(33)32-11-9-26(3,10-12-32)23-17-22(34-29-23)19-7-8-19/h4-6,17-19H,7-16H2,1-3H3,(H,28,33). The number of para-hydroxylation sites is 1. The minimum atomic E-state index is -0.0870. The lowest BCUT2D eigenvalue weighted by Crippen LogP contribution is -2.49. The highest BCUT2D eigenvalue weighted by atomic mass is 35.5. The number of nitrogens with zero attached hydrogens (tertiary/aromatic N) is 4. The van der Waals surface area contributed by atoms with Crippen molar-refractivity contribution in [1.82, 2.24) is 15.0 Å². The number of carbonyl (C=O) groups is 1. The number of carbonyl (C=O) groups excluding carboxylic acids is 1. The second kappa shape index (κ2) is 9.42. The van der Waals surface area contributed by atoms with Gasteiger partial charge in [-0.3, -0.25) is 4.90 Å².